The predicted molar refractivity (Wildman–Crippen MR) is 65.7 cm³/mol. The SMILES string of the molecule is CC(CC#N)C(=O)c1ccc(-c2cccnc2)o1. The summed E-state index contributed by atoms with van der Waals surface area (Å²) in [5.41, 5.74) is 0.824. The molecule has 2 aromatic heterocycles. The molecule has 0 fully saturated rings. The average Bonchev–Trinajstić information content (AvgIpc) is 2.89. The average molecular weight is 240 g/mol. The largest absolute Gasteiger partial charge is 0.453 e. The summed E-state index contributed by atoms with van der Waals surface area (Å²) in [5, 5.41) is 8.57. The Hall–Kier alpha value is -2.41. The van der Waals surface area contributed by atoms with Gasteiger partial charge in [-0.05, 0) is 24.3 Å². The molecule has 2 rings (SSSR count). The molecule has 0 bridgehead atoms. The van der Waals surface area contributed by atoms with E-state index in [0.717, 1.165) is 5.56 Å². The number of ketones is 1. The Morgan fingerprint density at radius 1 is 1.50 bits per heavy atom. The van der Waals surface area contributed by atoms with E-state index in [4.69, 9.17) is 9.68 Å². The summed E-state index contributed by atoms with van der Waals surface area (Å²) < 4.78 is 5.50. The molecule has 2 aromatic rings. The molecule has 0 spiro atoms. The van der Waals surface area contributed by atoms with E-state index in [0.29, 0.717) is 5.76 Å². The van der Waals surface area contributed by atoms with E-state index in [2.05, 4.69) is 4.98 Å². The second kappa shape index (κ2) is 5.28. The van der Waals surface area contributed by atoms with Crippen molar-refractivity contribution in [3.05, 3.63) is 42.4 Å². The topological polar surface area (TPSA) is 66.9 Å². The maximum atomic E-state index is 11.9. The van der Waals surface area contributed by atoms with Gasteiger partial charge in [0.2, 0.25) is 5.78 Å². The van der Waals surface area contributed by atoms with Gasteiger partial charge < -0.3 is 4.42 Å². The number of hydrogen-bond acceptors (Lipinski definition) is 4. The zero-order valence-corrected chi connectivity index (χ0v) is 9.96. The lowest BCUT2D eigenvalue weighted by Gasteiger charge is -2.02. The van der Waals surface area contributed by atoms with Crippen molar-refractivity contribution in [3.63, 3.8) is 0 Å². The Morgan fingerprint density at radius 2 is 2.33 bits per heavy atom. The minimum absolute atomic E-state index is 0.147. The van der Waals surface area contributed by atoms with E-state index in [-0.39, 0.29) is 23.9 Å². The van der Waals surface area contributed by atoms with E-state index in [1.165, 1.54) is 0 Å². The number of nitrogens with zero attached hydrogens (tertiary/aromatic N) is 2. The van der Waals surface area contributed by atoms with Crippen molar-refractivity contribution < 1.29 is 9.21 Å². The summed E-state index contributed by atoms with van der Waals surface area (Å²) in [5.74, 6) is 0.404. The van der Waals surface area contributed by atoms with Crippen LogP contribution < -0.4 is 0 Å². The predicted octanol–water partition coefficient (Wildman–Crippen LogP) is 3.07. The van der Waals surface area contributed by atoms with Gasteiger partial charge in [0.25, 0.3) is 0 Å². The normalized spacial score (nSPS) is 11.8. The molecule has 18 heavy (non-hydrogen) atoms. The van der Waals surface area contributed by atoms with Crippen molar-refractivity contribution in [2.75, 3.05) is 0 Å². The number of carbonyl (C=O) groups is 1. The van der Waals surface area contributed by atoms with Crippen LogP contribution in [0.25, 0.3) is 11.3 Å². The van der Waals surface area contributed by atoms with Crippen molar-refractivity contribution >= 4 is 5.78 Å². The lowest BCUT2D eigenvalue weighted by atomic mass is 10.0. The molecule has 1 unspecified atom stereocenters. The van der Waals surface area contributed by atoms with Crippen LogP contribution in [0.2, 0.25) is 0 Å². The van der Waals surface area contributed by atoms with Crippen molar-refractivity contribution in [1.29, 1.82) is 5.26 Å². The smallest absolute Gasteiger partial charge is 0.201 e. The first-order valence-corrected chi connectivity index (χ1v) is 5.63. The standard InChI is InChI=1S/C14H12N2O2/c1-10(6-7-15)14(17)13-5-4-12(18-13)11-3-2-8-16-9-11/h2-5,8-10H,6H2,1H3. The number of pyridine rings is 1. The van der Waals surface area contributed by atoms with Crippen LogP contribution in [-0.2, 0) is 0 Å². The van der Waals surface area contributed by atoms with Crippen molar-refractivity contribution in [3.8, 4) is 17.4 Å². The van der Waals surface area contributed by atoms with Gasteiger partial charge in [0.05, 0.1) is 6.07 Å². The molecule has 2 heterocycles. The molecule has 0 N–H and O–H groups in total. The van der Waals surface area contributed by atoms with Gasteiger partial charge in [-0.25, -0.2) is 0 Å². The van der Waals surface area contributed by atoms with Gasteiger partial charge in [0.15, 0.2) is 5.76 Å². The number of aromatic nitrogens is 1. The van der Waals surface area contributed by atoms with E-state index < -0.39 is 0 Å². The summed E-state index contributed by atoms with van der Waals surface area (Å²) in [6, 6.07) is 9.02. The first kappa shape index (κ1) is 12.1. The molecule has 0 aliphatic heterocycles. The highest BCUT2D eigenvalue weighted by molar-refractivity contribution is 5.95. The van der Waals surface area contributed by atoms with E-state index in [9.17, 15) is 4.79 Å². The molecule has 0 saturated heterocycles. The molecule has 90 valence electrons. The number of carbonyl (C=O) groups excluding carboxylic acids is 1. The molecule has 0 aliphatic rings. The Balaban J connectivity index is 2.22. The van der Waals surface area contributed by atoms with E-state index >= 15 is 0 Å². The third-order valence-corrected chi connectivity index (χ3v) is 2.64. The van der Waals surface area contributed by atoms with Crippen LogP contribution >= 0.6 is 0 Å². The maximum absolute atomic E-state index is 11.9. The number of furan rings is 1. The fourth-order valence-corrected chi connectivity index (χ4v) is 1.61. The lowest BCUT2D eigenvalue weighted by molar-refractivity contribution is 0.0904. The quantitative estimate of drug-likeness (QED) is 0.770. The summed E-state index contributed by atoms with van der Waals surface area (Å²) in [6.45, 7) is 1.72. The maximum Gasteiger partial charge on any atom is 0.201 e. The lowest BCUT2D eigenvalue weighted by Crippen LogP contribution is -2.09. The van der Waals surface area contributed by atoms with Gasteiger partial charge in [-0.2, -0.15) is 5.26 Å². The van der Waals surface area contributed by atoms with Gasteiger partial charge in [-0.1, -0.05) is 6.92 Å². The van der Waals surface area contributed by atoms with Crippen LogP contribution in [0.3, 0.4) is 0 Å². The summed E-state index contributed by atoms with van der Waals surface area (Å²) in [7, 11) is 0. The van der Waals surface area contributed by atoms with Gasteiger partial charge >= 0.3 is 0 Å². The number of rotatable bonds is 4. The van der Waals surface area contributed by atoms with Crippen LogP contribution in [0.4, 0.5) is 0 Å². The first-order valence-electron chi connectivity index (χ1n) is 5.63. The molecular formula is C14H12N2O2. The molecular weight excluding hydrogens is 228 g/mol. The second-order valence-corrected chi connectivity index (χ2v) is 4.03. The van der Waals surface area contributed by atoms with Crippen LogP contribution in [0, 0.1) is 17.2 Å². The minimum atomic E-state index is -0.345. The molecule has 0 radical (unpaired) electrons. The van der Waals surface area contributed by atoms with Gasteiger partial charge in [0.1, 0.15) is 5.76 Å². The Kier molecular flexibility index (Phi) is 3.54. The monoisotopic (exact) mass is 240 g/mol. The first-order chi connectivity index (χ1) is 8.72. The molecule has 4 nitrogen and oxygen atoms in total. The Morgan fingerprint density at radius 3 is 3.00 bits per heavy atom. The molecule has 0 aromatic carbocycles. The van der Waals surface area contributed by atoms with Crippen LogP contribution in [0.15, 0.2) is 41.1 Å². The highest BCUT2D eigenvalue weighted by atomic mass is 16.3. The van der Waals surface area contributed by atoms with Gasteiger partial charge in [0, 0.05) is 30.3 Å². The van der Waals surface area contributed by atoms with Gasteiger partial charge in [-0.3, -0.25) is 9.78 Å². The fraction of sp³-hybridized carbons (Fsp3) is 0.214. The highest BCUT2D eigenvalue weighted by Crippen LogP contribution is 2.23. The highest BCUT2D eigenvalue weighted by Gasteiger charge is 2.18. The molecule has 1 atom stereocenters. The van der Waals surface area contributed by atoms with Gasteiger partial charge in [-0.15, -0.1) is 0 Å². The van der Waals surface area contributed by atoms with Crippen LogP contribution in [-0.4, -0.2) is 10.8 Å². The fourth-order valence-electron chi connectivity index (χ4n) is 1.61. The van der Waals surface area contributed by atoms with Crippen LogP contribution in [0.1, 0.15) is 23.9 Å². The minimum Gasteiger partial charge on any atom is -0.453 e. The zero-order chi connectivity index (χ0) is 13.0. The number of nitriles is 1. The van der Waals surface area contributed by atoms with Crippen LogP contribution in [0.5, 0.6) is 0 Å². The molecule has 0 saturated carbocycles. The van der Waals surface area contributed by atoms with Crippen molar-refractivity contribution in [2.45, 2.75) is 13.3 Å². The molecule has 0 aliphatic carbocycles. The summed E-state index contributed by atoms with van der Waals surface area (Å²) in [4.78, 5) is 15.9. The number of Topliss-reactive ketones (excluding diaryl/α,β-unsaturated/α-hetero) is 1. The number of hydrogen-bond donors (Lipinski definition) is 0. The van der Waals surface area contributed by atoms with Crippen molar-refractivity contribution in [1.82, 2.24) is 4.98 Å². The van der Waals surface area contributed by atoms with E-state index in [1.54, 1.807) is 37.5 Å². The second-order valence-electron chi connectivity index (χ2n) is 4.03. The third-order valence-electron chi connectivity index (χ3n) is 2.64. The summed E-state index contributed by atoms with van der Waals surface area (Å²) in [6.07, 6.45) is 3.54. The Bertz CT molecular complexity index is 581. The Labute approximate surface area is 105 Å². The third kappa shape index (κ3) is 2.46. The molecule has 4 heteroatoms. The molecule has 0 amide bonds. The van der Waals surface area contributed by atoms with E-state index in [1.807, 2.05) is 12.1 Å². The van der Waals surface area contributed by atoms with Crippen molar-refractivity contribution in [2.24, 2.45) is 5.92 Å². The zero-order valence-electron chi connectivity index (χ0n) is 9.96. The summed E-state index contributed by atoms with van der Waals surface area (Å²) >= 11 is 0.